The van der Waals surface area contributed by atoms with E-state index in [0.717, 1.165) is 11.3 Å². The van der Waals surface area contributed by atoms with Crippen LogP contribution in [0.4, 0.5) is 5.69 Å². The molecule has 0 aliphatic rings. The molecule has 0 bridgehead atoms. The van der Waals surface area contributed by atoms with Crippen LogP contribution >= 0.6 is 0 Å². The molecule has 6 heteroatoms. The third-order valence-corrected chi connectivity index (χ3v) is 3.17. The van der Waals surface area contributed by atoms with Gasteiger partial charge in [0, 0.05) is 29.7 Å². The summed E-state index contributed by atoms with van der Waals surface area (Å²) in [5, 5.41) is 9.56. The van der Waals surface area contributed by atoms with Crippen LogP contribution in [0.15, 0.2) is 65.7 Å². The number of nitrogens with zero attached hydrogens (tertiary/aromatic N) is 2. The number of pyridine rings is 1. The number of carbonyl (C=O) groups excluding carboxylic acids is 1. The lowest BCUT2D eigenvalue weighted by molar-refractivity contribution is -0.116. The molecule has 6 nitrogen and oxygen atoms in total. The minimum Gasteiger partial charge on any atom is -0.325 e. The summed E-state index contributed by atoms with van der Waals surface area (Å²) in [6, 6.07) is 14.0. The summed E-state index contributed by atoms with van der Waals surface area (Å²) in [5.74, 6) is -0.255. The van der Waals surface area contributed by atoms with Gasteiger partial charge in [0.15, 0.2) is 0 Å². The van der Waals surface area contributed by atoms with E-state index in [1.54, 1.807) is 30.6 Å². The quantitative estimate of drug-likeness (QED) is 0.771. The van der Waals surface area contributed by atoms with Gasteiger partial charge >= 0.3 is 0 Å². The first kappa shape index (κ1) is 13.8. The van der Waals surface area contributed by atoms with Gasteiger partial charge in [0.05, 0.1) is 5.69 Å². The van der Waals surface area contributed by atoms with Crippen molar-refractivity contribution in [1.82, 2.24) is 14.8 Å². The molecule has 3 rings (SSSR count). The molecule has 0 aliphatic carbocycles. The predicted molar refractivity (Wildman–Crippen MR) is 83.4 cm³/mol. The van der Waals surface area contributed by atoms with Gasteiger partial charge in [0.2, 0.25) is 5.91 Å². The van der Waals surface area contributed by atoms with Crippen molar-refractivity contribution in [2.24, 2.45) is 0 Å². The van der Waals surface area contributed by atoms with E-state index in [2.05, 4.69) is 15.5 Å². The molecule has 0 unspecified atom stereocenters. The Labute approximate surface area is 126 Å². The first-order valence-corrected chi connectivity index (χ1v) is 6.77. The summed E-state index contributed by atoms with van der Waals surface area (Å²) in [6.07, 6.45) is 3.26. The minimum absolute atomic E-state index is 0.0199. The third kappa shape index (κ3) is 3.12. The van der Waals surface area contributed by atoms with Gasteiger partial charge in [-0.3, -0.25) is 14.7 Å². The maximum atomic E-state index is 12.0. The van der Waals surface area contributed by atoms with Crippen molar-refractivity contribution in [2.75, 3.05) is 5.32 Å². The van der Waals surface area contributed by atoms with Crippen molar-refractivity contribution < 1.29 is 4.79 Å². The largest absolute Gasteiger partial charge is 0.325 e. The Bertz CT molecular complexity index is 837. The molecule has 2 aromatic heterocycles. The molecule has 2 N–H and O–H groups in total. The van der Waals surface area contributed by atoms with Crippen LogP contribution in [0, 0.1) is 0 Å². The van der Waals surface area contributed by atoms with Crippen molar-refractivity contribution in [2.45, 2.75) is 6.54 Å². The van der Waals surface area contributed by atoms with Crippen molar-refractivity contribution in [1.29, 1.82) is 0 Å². The number of benzene rings is 1. The number of H-pyrrole nitrogens is 1. The highest BCUT2D eigenvalue weighted by Crippen LogP contribution is 2.20. The molecule has 0 saturated heterocycles. The standard InChI is InChI=1S/C16H14N4O2/c21-15(11-20-9-2-1-6-16(20)22)18-13-5-3-4-12(10-13)14-7-8-17-19-14/h1-10H,11H2,(H,17,19)(H,18,21). The molecule has 0 atom stereocenters. The molecule has 0 radical (unpaired) electrons. The normalized spacial score (nSPS) is 10.4. The Balaban J connectivity index is 1.73. The van der Waals surface area contributed by atoms with Crippen molar-refractivity contribution in [3.05, 3.63) is 71.3 Å². The van der Waals surface area contributed by atoms with Crippen LogP contribution in [0.25, 0.3) is 11.3 Å². The van der Waals surface area contributed by atoms with Crippen LogP contribution in [0.5, 0.6) is 0 Å². The van der Waals surface area contributed by atoms with E-state index in [1.807, 2.05) is 24.3 Å². The highest BCUT2D eigenvalue weighted by molar-refractivity contribution is 5.91. The summed E-state index contributed by atoms with van der Waals surface area (Å²) in [7, 11) is 0. The Morgan fingerprint density at radius 3 is 2.86 bits per heavy atom. The Morgan fingerprint density at radius 2 is 2.09 bits per heavy atom. The lowest BCUT2D eigenvalue weighted by Gasteiger charge is -2.08. The topological polar surface area (TPSA) is 79.8 Å². The number of hydrogen-bond acceptors (Lipinski definition) is 3. The zero-order chi connectivity index (χ0) is 15.4. The number of carbonyl (C=O) groups is 1. The van der Waals surface area contributed by atoms with E-state index in [1.165, 1.54) is 10.6 Å². The molecular formula is C16H14N4O2. The molecule has 1 aromatic carbocycles. The van der Waals surface area contributed by atoms with E-state index in [4.69, 9.17) is 0 Å². The van der Waals surface area contributed by atoms with Crippen LogP contribution in [-0.2, 0) is 11.3 Å². The average molecular weight is 294 g/mol. The minimum atomic E-state index is -0.255. The molecular weight excluding hydrogens is 280 g/mol. The molecule has 2 heterocycles. The van der Waals surface area contributed by atoms with Gasteiger partial charge in [0.1, 0.15) is 6.54 Å². The fourth-order valence-corrected chi connectivity index (χ4v) is 2.13. The van der Waals surface area contributed by atoms with E-state index in [-0.39, 0.29) is 18.0 Å². The first-order chi connectivity index (χ1) is 10.7. The van der Waals surface area contributed by atoms with Crippen molar-refractivity contribution >= 4 is 11.6 Å². The van der Waals surface area contributed by atoms with Crippen LogP contribution in [-0.4, -0.2) is 20.7 Å². The van der Waals surface area contributed by atoms with Gasteiger partial charge in [-0.05, 0) is 24.3 Å². The maximum absolute atomic E-state index is 12.0. The van der Waals surface area contributed by atoms with Gasteiger partial charge in [-0.2, -0.15) is 5.10 Å². The number of rotatable bonds is 4. The fourth-order valence-electron chi connectivity index (χ4n) is 2.13. The van der Waals surface area contributed by atoms with Crippen molar-refractivity contribution in [3.8, 4) is 11.3 Å². The van der Waals surface area contributed by atoms with Crippen molar-refractivity contribution in [3.63, 3.8) is 0 Å². The number of amides is 1. The summed E-state index contributed by atoms with van der Waals surface area (Å²) in [6.45, 7) is -0.0199. The molecule has 0 aliphatic heterocycles. The van der Waals surface area contributed by atoms with Crippen LogP contribution in [0.1, 0.15) is 0 Å². The van der Waals surface area contributed by atoms with Gasteiger partial charge < -0.3 is 9.88 Å². The van der Waals surface area contributed by atoms with Crippen LogP contribution in [0.3, 0.4) is 0 Å². The van der Waals surface area contributed by atoms with Gasteiger partial charge in [-0.25, -0.2) is 0 Å². The summed E-state index contributed by atoms with van der Waals surface area (Å²) in [4.78, 5) is 23.6. The monoisotopic (exact) mass is 294 g/mol. The molecule has 1 amide bonds. The van der Waals surface area contributed by atoms with Gasteiger partial charge in [0.25, 0.3) is 5.56 Å². The number of nitrogens with one attached hydrogen (secondary N) is 2. The van der Waals surface area contributed by atoms with Gasteiger partial charge in [-0.15, -0.1) is 0 Å². The summed E-state index contributed by atoms with van der Waals surface area (Å²) < 4.78 is 1.36. The lowest BCUT2D eigenvalue weighted by Crippen LogP contribution is -2.26. The number of anilines is 1. The zero-order valence-electron chi connectivity index (χ0n) is 11.7. The Hall–Kier alpha value is -3.15. The molecule has 110 valence electrons. The van der Waals surface area contributed by atoms with Crippen LogP contribution < -0.4 is 10.9 Å². The third-order valence-electron chi connectivity index (χ3n) is 3.17. The average Bonchev–Trinajstić information content (AvgIpc) is 3.04. The molecule has 3 aromatic rings. The summed E-state index contributed by atoms with van der Waals surface area (Å²) in [5.41, 5.74) is 2.26. The lowest BCUT2D eigenvalue weighted by atomic mass is 10.1. The molecule has 0 spiro atoms. The van der Waals surface area contributed by atoms with E-state index in [9.17, 15) is 9.59 Å². The first-order valence-electron chi connectivity index (χ1n) is 6.77. The second kappa shape index (κ2) is 6.09. The maximum Gasteiger partial charge on any atom is 0.250 e. The molecule has 0 fully saturated rings. The molecule has 0 saturated carbocycles. The highest BCUT2D eigenvalue weighted by Gasteiger charge is 2.06. The Morgan fingerprint density at radius 1 is 1.18 bits per heavy atom. The smallest absolute Gasteiger partial charge is 0.250 e. The predicted octanol–water partition coefficient (Wildman–Crippen LogP) is 1.88. The van der Waals surface area contributed by atoms with E-state index >= 15 is 0 Å². The number of aromatic nitrogens is 3. The number of aromatic amines is 1. The highest BCUT2D eigenvalue weighted by atomic mass is 16.2. The Kier molecular flexibility index (Phi) is 3.82. The SMILES string of the molecule is O=C(Cn1ccccc1=O)Nc1cccc(-c2ccn[nH]2)c1. The zero-order valence-corrected chi connectivity index (χ0v) is 11.7. The second-order valence-electron chi connectivity index (χ2n) is 4.77. The summed E-state index contributed by atoms with van der Waals surface area (Å²) >= 11 is 0. The fraction of sp³-hybridized carbons (Fsp3) is 0.0625. The molecule has 22 heavy (non-hydrogen) atoms. The van der Waals surface area contributed by atoms with Gasteiger partial charge in [-0.1, -0.05) is 18.2 Å². The van der Waals surface area contributed by atoms with E-state index < -0.39 is 0 Å². The second-order valence-corrected chi connectivity index (χ2v) is 4.77. The number of hydrogen-bond donors (Lipinski definition) is 2. The van der Waals surface area contributed by atoms with Crippen LogP contribution in [0.2, 0.25) is 0 Å². The van der Waals surface area contributed by atoms with E-state index in [0.29, 0.717) is 5.69 Å².